The van der Waals surface area contributed by atoms with E-state index < -0.39 is 0 Å². The molecule has 0 fully saturated rings. The number of rotatable bonds is 6. The number of ketones is 1. The van der Waals surface area contributed by atoms with E-state index in [0.29, 0.717) is 5.78 Å². The zero-order chi connectivity index (χ0) is 12.8. The van der Waals surface area contributed by atoms with Crippen molar-refractivity contribution in [2.24, 2.45) is 5.92 Å². The van der Waals surface area contributed by atoms with E-state index in [2.05, 4.69) is 36.5 Å². The number of carbonyl (C=O) groups excluding carboxylic acids is 1. The molecule has 0 aliphatic rings. The quantitative estimate of drug-likeness (QED) is 0.818. The monoisotopic (exact) mass is 233 g/mol. The smallest absolute Gasteiger partial charge is 0.152 e. The first-order chi connectivity index (χ1) is 8.04. The third-order valence-corrected chi connectivity index (χ3v) is 2.92. The third kappa shape index (κ3) is 4.31. The van der Waals surface area contributed by atoms with Crippen LogP contribution >= 0.6 is 0 Å². The first-order valence-corrected chi connectivity index (χ1v) is 6.37. The van der Waals surface area contributed by atoms with Crippen LogP contribution in [-0.2, 0) is 11.2 Å². The molecule has 0 aromatic heterocycles. The van der Waals surface area contributed by atoms with Gasteiger partial charge in [0.25, 0.3) is 0 Å². The first-order valence-electron chi connectivity index (χ1n) is 6.37. The van der Waals surface area contributed by atoms with E-state index in [1.165, 1.54) is 11.1 Å². The van der Waals surface area contributed by atoms with Crippen molar-refractivity contribution in [3.8, 4) is 0 Å². The van der Waals surface area contributed by atoms with Crippen LogP contribution in [0.2, 0.25) is 0 Å². The van der Waals surface area contributed by atoms with Crippen molar-refractivity contribution in [3.05, 3.63) is 35.4 Å². The van der Waals surface area contributed by atoms with Crippen molar-refractivity contribution in [1.29, 1.82) is 0 Å². The summed E-state index contributed by atoms with van der Waals surface area (Å²) in [4.78, 5) is 12.0. The second kappa shape index (κ2) is 6.55. The maximum absolute atomic E-state index is 12.0. The van der Waals surface area contributed by atoms with Gasteiger partial charge in [0, 0.05) is 5.92 Å². The van der Waals surface area contributed by atoms with Crippen LogP contribution in [0.1, 0.15) is 31.9 Å². The molecular weight excluding hydrogens is 210 g/mol. The molecule has 0 saturated heterocycles. The highest BCUT2D eigenvalue weighted by molar-refractivity contribution is 5.86. The Kier molecular flexibility index (Phi) is 5.36. The molecule has 2 heteroatoms. The number of nitrogens with one attached hydrogen (secondary N) is 1. The fourth-order valence-electron chi connectivity index (χ4n) is 1.88. The van der Waals surface area contributed by atoms with Crippen LogP contribution in [0.25, 0.3) is 0 Å². The second-order valence-electron chi connectivity index (χ2n) is 4.86. The topological polar surface area (TPSA) is 29.1 Å². The van der Waals surface area contributed by atoms with E-state index >= 15 is 0 Å². The lowest BCUT2D eigenvalue weighted by Gasteiger charge is -2.18. The van der Waals surface area contributed by atoms with Gasteiger partial charge in [0.15, 0.2) is 5.78 Å². The molecule has 1 atom stereocenters. The molecular formula is C15H23NO. The molecule has 0 bridgehead atoms. The molecule has 17 heavy (non-hydrogen) atoms. The molecule has 1 aromatic rings. The van der Waals surface area contributed by atoms with Crippen molar-refractivity contribution in [1.82, 2.24) is 5.32 Å². The SMILES string of the molecule is CCNC(Cc1ccc(C)cc1)C(=O)C(C)C. The minimum absolute atomic E-state index is 0.0530. The summed E-state index contributed by atoms with van der Waals surface area (Å²) in [5.41, 5.74) is 2.47. The molecule has 1 rings (SSSR count). The van der Waals surface area contributed by atoms with Crippen molar-refractivity contribution >= 4 is 5.78 Å². The van der Waals surface area contributed by atoms with Crippen molar-refractivity contribution < 1.29 is 4.79 Å². The van der Waals surface area contributed by atoms with Gasteiger partial charge in [-0.3, -0.25) is 4.79 Å². The summed E-state index contributed by atoms with van der Waals surface area (Å²) < 4.78 is 0. The van der Waals surface area contributed by atoms with Gasteiger partial charge in [-0.15, -0.1) is 0 Å². The molecule has 1 unspecified atom stereocenters. The van der Waals surface area contributed by atoms with Gasteiger partial charge in [-0.1, -0.05) is 50.6 Å². The molecule has 0 saturated carbocycles. The largest absolute Gasteiger partial charge is 0.307 e. The minimum atomic E-state index is -0.0530. The van der Waals surface area contributed by atoms with Gasteiger partial charge < -0.3 is 5.32 Å². The summed E-state index contributed by atoms with van der Waals surface area (Å²) in [7, 11) is 0. The first kappa shape index (κ1) is 13.9. The van der Waals surface area contributed by atoms with Crippen molar-refractivity contribution in [2.75, 3.05) is 6.54 Å². The van der Waals surface area contributed by atoms with Gasteiger partial charge in [-0.05, 0) is 25.5 Å². The number of likely N-dealkylation sites (N-methyl/N-ethyl adjacent to an activating group) is 1. The molecule has 2 nitrogen and oxygen atoms in total. The summed E-state index contributed by atoms with van der Waals surface area (Å²) in [5, 5.41) is 3.28. The fraction of sp³-hybridized carbons (Fsp3) is 0.533. The Labute approximate surface area is 104 Å². The van der Waals surface area contributed by atoms with E-state index in [0.717, 1.165) is 13.0 Å². The number of hydrogen-bond donors (Lipinski definition) is 1. The van der Waals surface area contributed by atoms with Crippen LogP contribution < -0.4 is 5.32 Å². The lowest BCUT2D eigenvalue weighted by Crippen LogP contribution is -2.40. The Morgan fingerprint density at radius 1 is 1.24 bits per heavy atom. The average Bonchev–Trinajstić information content (AvgIpc) is 2.30. The van der Waals surface area contributed by atoms with Crippen LogP contribution in [0.5, 0.6) is 0 Å². The standard InChI is InChI=1S/C15H23NO/c1-5-16-14(15(17)11(2)3)10-13-8-6-12(4)7-9-13/h6-9,11,14,16H,5,10H2,1-4H3. The Morgan fingerprint density at radius 2 is 1.82 bits per heavy atom. The van der Waals surface area contributed by atoms with Gasteiger partial charge in [-0.2, -0.15) is 0 Å². The van der Waals surface area contributed by atoms with E-state index in [1.54, 1.807) is 0 Å². The van der Waals surface area contributed by atoms with Gasteiger partial charge in [0.05, 0.1) is 6.04 Å². The molecule has 0 spiro atoms. The number of aryl methyl sites for hydroxylation is 1. The zero-order valence-electron chi connectivity index (χ0n) is 11.3. The predicted molar refractivity (Wildman–Crippen MR) is 72.2 cm³/mol. The second-order valence-corrected chi connectivity index (χ2v) is 4.86. The number of carbonyl (C=O) groups is 1. The highest BCUT2D eigenvalue weighted by Crippen LogP contribution is 2.09. The molecule has 0 aliphatic carbocycles. The van der Waals surface area contributed by atoms with E-state index in [4.69, 9.17) is 0 Å². The normalized spacial score (nSPS) is 12.8. The van der Waals surface area contributed by atoms with E-state index in [-0.39, 0.29) is 12.0 Å². The zero-order valence-corrected chi connectivity index (χ0v) is 11.3. The summed E-state index contributed by atoms with van der Waals surface area (Å²) >= 11 is 0. The fourth-order valence-corrected chi connectivity index (χ4v) is 1.88. The molecule has 1 N–H and O–H groups in total. The Morgan fingerprint density at radius 3 is 2.29 bits per heavy atom. The molecule has 0 radical (unpaired) electrons. The molecule has 0 aliphatic heterocycles. The summed E-state index contributed by atoms with van der Waals surface area (Å²) in [5.74, 6) is 0.386. The summed E-state index contributed by atoms with van der Waals surface area (Å²) in [6, 6.07) is 8.35. The maximum Gasteiger partial charge on any atom is 0.152 e. The van der Waals surface area contributed by atoms with Gasteiger partial charge in [0.2, 0.25) is 0 Å². The highest BCUT2D eigenvalue weighted by atomic mass is 16.1. The molecule has 1 aromatic carbocycles. The van der Waals surface area contributed by atoms with Crippen molar-refractivity contribution in [2.45, 2.75) is 40.2 Å². The Balaban J connectivity index is 2.72. The Bertz CT molecular complexity index is 354. The lowest BCUT2D eigenvalue weighted by molar-refractivity contribution is -0.123. The maximum atomic E-state index is 12.0. The third-order valence-electron chi connectivity index (χ3n) is 2.92. The van der Waals surface area contributed by atoms with Crippen molar-refractivity contribution in [3.63, 3.8) is 0 Å². The van der Waals surface area contributed by atoms with Crippen LogP contribution in [0.3, 0.4) is 0 Å². The average molecular weight is 233 g/mol. The molecule has 0 amide bonds. The van der Waals surface area contributed by atoms with Crippen LogP contribution in [0, 0.1) is 12.8 Å². The Hall–Kier alpha value is -1.15. The predicted octanol–water partition coefficient (Wildman–Crippen LogP) is 2.74. The molecule has 0 heterocycles. The number of benzene rings is 1. The molecule has 94 valence electrons. The minimum Gasteiger partial charge on any atom is -0.307 e. The van der Waals surface area contributed by atoms with Gasteiger partial charge >= 0.3 is 0 Å². The highest BCUT2D eigenvalue weighted by Gasteiger charge is 2.20. The summed E-state index contributed by atoms with van der Waals surface area (Å²) in [6.45, 7) is 8.86. The van der Waals surface area contributed by atoms with Crippen LogP contribution in [-0.4, -0.2) is 18.4 Å². The van der Waals surface area contributed by atoms with Crippen LogP contribution in [0.15, 0.2) is 24.3 Å². The number of hydrogen-bond acceptors (Lipinski definition) is 2. The van der Waals surface area contributed by atoms with Gasteiger partial charge in [0.1, 0.15) is 0 Å². The number of Topliss-reactive ketones (excluding diaryl/α,β-unsaturated/α-hetero) is 1. The van der Waals surface area contributed by atoms with E-state index in [1.807, 2.05) is 20.8 Å². The van der Waals surface area contributed by atoms with Crippen LogP contribution in [0.4, 0.5) is 0 Å². The van der Waals surface area contributed by atoms with E-state index in [9.17, 15) is 4.79 Å². The van der Waals surface area contributed by atoms with Gasteiger partial charge in [-0.25, -0.2) is 0 Å². The summed E-state index contributed by atoms with van der Waals surface area (Å²) in [6.07, 6.45) is 0.783. The lowest BCUT2D eigenvalue weighted by atomic mass is 9.95.